The van der Waals surface area contributed by atoms with E-state index in [-0.39, 0.29) is 5.91 Å². The molecule has 2 aromatic rings. The number of anilines is 1. The molecule has 1 atom stereocenters. The highest BCUT2D eigenvalue weighted by molar-refractivity contribution is 7.14. The summed E-state index contributed by atoms with van der Waals surface area (Å²) in [6.07, 6.45) is 2.62. The third kappa shape index (κ3) is 4.49. The lowest BCUT2D eigenvalue weighted by molar-refractivity contribution is -0.116. The van der Waals surface area contributed by atoms with Crippen LogP contribution in [0, 0.1) is 5.92 Å². The number of nitrogens with zero attached hydrogens (tertiary/aromatic N) is 1. The van der Waals surface area contributed by atoms with Gasteiger partial charge in [0.05, 0.1) is 19.9 Å². The molecule has 7 heteroatoms. The van der Waals surface area contributed by atoms with Gasteiger partial charge in [-0.25, -0.2) is 4.98 Å². The minimum absolute atomic E-state index is 0.0279. The molecular formula is C18H23N3O3S. The number of methoxy groups -OCH3 is 2. The first-order valence-corrected chi connectivity index (χ1v) is 9.26. The largest absolute Gasteiger partial charge is 0.493 e. The second-order valence-corrected chi connectivity index (χ2v) is 6.91. The molecule has 0 aliphatic carbocycles. The lowest BCUT2D eigenvalue weighted by Crippen LogP contribution is -2.14. The lowest BCUT2D eigenvalue weighted by atomic mass is 10.0. The number of carbonyl (C=O) groups is 1. The minimum Gasteiger partial charge on any atom is -0.493 e. The van der Waals surface area contributed by atoms with E-state index in [1.165, 1.54) is 11.3 Å². The zero-order chi connectivity index (χ0) is 17.6. The molecule has 6 nitrogen and oxygen atoms in total. The Hall–Kier alpha value is -2.12. The van der Waals surface area contributed by atoms with Crippen LogP contribution in [-0.2, 0) is 4.79 Å². The molecule has 134 valence electrons. The number of hydrogen-bond acceptors (Lipinski definition) is 6. The smallest absolute Gasteiger partial charge is 0.226 e. The van der Waals surface area contributed by atoms with Gasteiger partial charge >= 0.3 is 0 Å². The molecule has 25 heavy (non-hydrogen) atoms. The fourth-order valence-corrected chi connectivity index (χ4v) is 3.67. The number of benzene rings is 1. The topological polar surface area (TPSA) is 72.5 Å². The lowest BCUT2D eigenvalue weighted by Gasteiger charge is -2.08. The van der Waals surface area contributed by atoms with E-state index in [2.05, 4.69) is 15.6 Å². The molecule has 0 spiro atoms. The Kier molecular flexibility index (Phi) is 5.88. The van der Waals surface area contributed by atoms with Gasteiger partial charge in [0.1, 0.15) is 0 Å². The molecule has 1 aliphatic heterocycles. The Balaban J connectivity index is 1.60. The van der Waals surface area contributed by atoms with Gasteiger partial charge in [0.2, 0.25) is 5.91 Å². The molecule has 2 N–H and O–H groups in total. The number of amides is 1. The molecule has 0 bridgehead atoms. The summed E-state index contributed by atoms with van der Waals surface area (Å²) in [5.41, 5.74) is 1.73. The molecule has 1 fully saturated rings. The van der Waals surface area contributed by atoms with Crippen LogP contribution in [0.1, 0.15) is 19.3 Å². The molecule has 1 aromatic heterocycles. The number of aromatic nitrogens is 1. The molecule has 0 saturated carbocycles. The van der Waals surface area contributed by atoms with Crippen LogP contribution < -0.4 is 20.1 Å². The molecule has 1 aromatic carbocycles. The highest BCUT2D eigenvalue weighted by Crippen LogP contribution is 2.33. The SMILES string of the molecule is COc1ccc(-c2csc(NC(=O)CCC3CCNC3)n2)cc1OC. The van der Waals surface area contributed by atoms with Crippen molar-refractivity contribution in [2.45, 2.75) is 19.3 Å². The van der Waals surface area contributed by atoms with Gasteiger partial charge in [-0.05, 0) is 50.0 Å². The summed E-state index contributed by atoms with van der Waals surface area (Å²) in [6.45, 7) is 2.08. The average molecular weight is 361 g/mol. The van der Waals surface area contributed by atoms with E-state index in [1.807, 2.05) is 23.6 Å². The maximum absolute atomic E-state index is 12.1. The number of hydrogen-bond donors (Lipinski definition) is 2. The second-order valence-electron chi connectivity index (χ2n) is 6.05. The highest BCUT2D eigenvalue weighted by Gasteiger charge is 2.16. The Morgan fingerprint density at radius 3 is 2.92 bits per heavy atom. The van der Waals surface area contributed by atoms with Gasteiger partial charge in [-0.15, -0.1) is 11.3 Å². The first-order valence-electron chi connectivity index (χ1n) is 8.38. The number of thiazole rings is 1. The maximum Gasteiger partial charge on any atom is 0.226 e. The molecule has 2 heterocycles. The summed E-state index contributed by atoms with van der Waals surface area (Å²) in [7, 11) is 3.21. The predicted octanol–water partition coefficient (Wildman–Crippen LogP) is 3.16. The third-order valence-corrected chi connectivity index (χ3v) is 5.13. The molecule has 1 unspecified atom stereocenters. The van der Waals surface area contributed by atoms with E-state index in [0.29, 0.717) is 29.0 Å². The fraction of sp³-hybridized carbons (Fsp3) is 0.444. The van der Waals surface area contributed by atoms with Crippen LogP contribution in [0.5, 0.6) is 11.5 Å². The molecule has 1 aliphatic rings. The van der Waals surface area contributed by atoms with E-state index >= 15 is 0 Å². The van der Waals surface area contributed by atoms with Crippen molar-refractivity contribution in [3.05, 3.63) is 23.6 Å². The zero-order valence-corrected chi connectivity index (χ0v) is 15.3. The van der Waals surface area contributed by atoms with Crippen molar-refractivity contribution < 1.29 is 14.3 Å². The Morgan fingerprint density at radius 1 is 1.36 bits per heavy atom. The van der Waals surface area contributed by atoms with Gasteiger partial charge in [-0.3, -0.25) is 4.79 Å². The van der Waals surface area contributed by atoms with Gasteiger partial charge in [0.15, 0.2) is 16.6 Å². The number of rotatable bonds is 7. The molecule has 0 radical (unpaired) electrons. The summed E-state index contributed by atoms with van der Waals surface area (Å²) in [6, 6.07) is 5.66. The van der Waals surface area contributed by atoms with Crippen molar-refractivity contribution in [2.24, 2.45) is 5.92 Å². The van der Waals surface area contributed by atoms with E-state index in [4.69, 9.17) is 9.47 Å². The van der Waals surface area contributed by atoms with E-state index in [1.54, 1.807) is 14.2 Å². The Labute approximate surface area is 151 Å². The number of carbonyl (C=O) groups excluding carboxylic acids is 1. The second kappa shape index (κ2) is 8.31. The summed E-state index contributed by atoms with van der Waals surface area (Å²) in [4.78, 5) is 16.6. The van der Waals surface area contributed by atoms with Crippen LogP contribution in [0.3, 0.4) is 0 Å². The van der Waals surface area contributed by atoms with E-state index in [0.717, 1.165) is 37.2 Å². The highest BCUT2D eigenvalue weighted by atomic mass is 32.1. The van der Waals surface area contributed by atoms with Crippen molar-refractivity contribution >= 4 is 22.4 Å². The minimum atomic E-state index is 0.0279. The molecule has 3 rings (SSSR count). The third-order valence-electron chi connectivity index (χ3n) is 4.37. The van der Waals surface area contributed by atoms with Crippen LogP contribution in [0.25, 0.3) is 11.3 Å². The summed E-state index contributed by atoms with van der Waals surface area (Å²) in [5, 5.41) is 8.78. The predicted molar refractivity (Wildman–Crippen MR) is 99.5 cm³/mol. The van der Waals surface area contributed by atoms with Crippen molar-refractivity contribution in [1.29, 1.82) is 0 Å². The summed E-state index contributed by atoms with van der Waals surface area (Å²) >= 11 is 1.43. The number of nitrogens with one attached hydrogen (secondary N) is 2. The maximum atomic E-state index is 12.1. The Morgan fingerprint density at radius 2 is 2.20 bits per heavy atom. The van der Waals surface area contributed by atoms with E-state index in [9.17, 15) is 4.79 Å². The average Bonchev–Trinajstić information content (AvgIpc) is 3.31. The van der Waals surface area contributed by atoms with Gasteiger partial charge in [0.25, 0.3) is 0 Å². The van der Waals surface area contributed by atoms with Crippen LogP contribution >= 0.6 is 11.3 Å². The first kappa shape index (κ1) is 17.7. The van der Waals surface area contributed by atoms with Crippen molar-refractivity contribution in [2.75, 3.05) is 32.6 Å². The summed E-state index contributed by atoms with van der Waals surface area (Å²) < 4.78 is 10.6. The summed E-state index contributed by atoms with van der Waals surface area (Å²) in [5.74, 6) is 1.98. The quantitative estimate of drug-likeness (QED) is 0.793. The van der Waals surface area contributed by atoms with Crippen molar-refractivity contribution in [3.63, 3.8) is 0 Å². The molecular weight excluding hydrogens is 338 g/mol. The molecule has 1 amide bonds. The standard InChI is InChI=1S/C18H23N3O3S/c1-23-15-5-4-13(9-16(15)24-2)14-11-25-18(20-14)21-17(22)6-3-12-7-8-19-10-12/h4-5,9,11-12,19H,3,6-8,10H2,1-2H3,(H,20,21,22). The Bertz CT molecular complexity index is 726. The van der Waals surface area contributed by atoms with Crippen LogP contribution in [-0.4, -0.2) is 38.2 Å². The van der Waals surface area contributed by atoms with Gasteiger partial charge in [0, 0.05) is 17.4 Å². The van der Waals surface area contributed by atoms with Gasteiger partial charge < -0.3 is 20.1 Å². The van der Waals surface area contributed by atoms with Crippen LogP contribution in [0.15, 0.2) is 23.6 Å². The number of ether oxygens (including phenoxy) is 2. The monoisotopic (exact) mass is 361 g/mol. The fourth-order valence-electron chi connectivity index (χ4n) is 2.94. The normalized spacial score (nSPS) is 16.6. The van der Waals surface area contributed by atoms with Gasteiger partial charge in [-0.1, -0.05) is 0 Å². The first-order chi connectivity index (χ1) is 12.2. The van der Waals surface area contributed by atoms with E-state index < -0.39 is 0 Å². The van der Waals surface area contributed by atoms with Gasteiger partial charge in [-0.2, -0.15) is 0 Å². The van der Waals surface area contributed by atoms with Crippen LogP contribution in [0.2, 0.25) is 0 Å². The molecule has 1 saturated heterocycles. The zero-order valence-electron chi connectivity index (χ0n) is 14.5. The van der Waals surface area contributed by atoms with Crippen molar-refractivity contribution in [3.8, 4) is 22.8 Å². The van der Waals surface area contributed by atoms with Crippen LogP contribution in [0.4, 0.5) is 5.13 Å². The van der Waals surface area contributed by atoms with Crippen molar-refractivity contribution in [1.82, 2.24) is 10.3 Å².